The van der Waals surface area contributed by atoms with Crippen LogP contribution in [0.2, 0.25) is 0 Å². The molecule has 0 radical (unpaired) electrons. The van der Waals surface area contributed by atoms with E-state index in [-0.39, 0.29) is 11.6 Å². The van der Waals surface area contributed by atoms with Crippen LogP contribution in [0.3, 0.4) is 0 Å². The van der Waals surface area contributed by atoms with E-state index in [1.807, 2.05) is 11.7 Å². The molecule has 1 saturated carbocycles. The molecule has 0 saturated heterocycles. The third-order valence-corrected chi connectivity index (χ3v) is 4.80. The van der Waals surface area contributed by atoms with Gasteiger partial charge in [-0.25, -0.2) is 4.98 Å². The molecule has 3 unspecified atom stereocenters. The van der Waals surface area contributed by atoms with Gasteiger partial charge in [-0.3, -0.25) is 4.68 Å². The maximum absolute atomic E-state index is 6.58. The normalized spacial score (nSPS) is 29.7. The number of aromatic nitrogens is 3. The summed E-state index contributed by atoms with van der Waals surface area (Å²) in [6.07, 6.45) is 7.36. The van der Waals surface area contributed by atoms with E-state index in [4.69, 9.17) is 5.73 Å². The van der Waals surface area contributed by atoms with E-state index in [1.54, 1.807) is 6.33 Å². The van der Waals surface area contributed by atoms with Gasteiger partial charge >= 0.3 is 0 Å². The fourth-order valence-corrected chi connectivity index (χ4v) is 3.53. The minimum absolute atomic E-state index is 0.101. The van der Waals surface area contributed by atoms with E-state index < -0.39 is 0 Å². The Morgan fingerprint density at radius 1 is 1.58 bits per heavy atom. The summed E-state index contributed by atoms with van der Waals surface area (Å²) < 4.78 is 1.83. The molecule has 1 aromatic rings. The van der Waals surface area contributed by atoms with Gasteiger partial charge in [-0.2, -0.15) is 5.10 Å². The van der Waals surface area contributed by atoms with Gasteiger partial charge in [0.2, 0.25) is 0 Å². The zero-order valence-electron chi connectivity index (χ0n) is 12.6. The number of aryl methyl sites for hydroxylation is 1. The fraction of sp³-hybridized carbons (Fsp3) is 0.857. The summed E-state index contributed by atoms with van der Waals surface area (Å²) in [7, 11) is 6.25. The number of hydrogen-bond donors (Lipinski definition) is 1. The van der Waals surface area contributed by atoms with E-state index in [9.17, 15) is 0 Å². The van der Waals surface area contributed by atoms with Crippen molar-refractivity contribution >= 4 is 0 Å². The monoisotopic (exact) mass is 265 g/mol. The number of rotatable bonds is 4. The molecule has 2 N–H and O–H groups in total. The average molecular weight is 265 g/mol. The smallest absolute Gasteiger partial charge is 0.138 e. The third kappa shape index (κ3) is 2.82. The molecule has 0 aromatic carbocycles. The number of hydrogen-bond acceptors (Lipinski definition) is 4. The lowest BCUT2D eigenvalue weighted by atomic mass is 9.70. The lowest BCUT2D eigenvalue weighted by Gasteiger charge is -2.49. The Morgan fingerprint density at radius 3 is 2.84 bits per heavy atom. The van der Waals surface area contributed by atoms with Crippen molar-refractivity contribution in [1.29, 1.82) is 0 Å². The molecular weight excluding hydrogens is 238 g/mol. The molecule has 19 heavy (non-hydrogen) atoms. The molecule has 0 spiro atoms. The zero-order valence-corrected chi connectivity index (χ0v) is 12.6. The number of likely N-dealkylation sites (N-methyl/N-ethyl adjacent to an activating group) is 1. The molecule has 108 valence electrons. The molecule has 3 atom stereocenters. The van der Waals surface area contributed by atoms with E-state index in [1.165, 1.54) is 25.7 Å². The summed E-state index contributed by atoms with van der Waals surface area (Å²) in [4.78, 5) is 6.65. The summed E-state index contributed by atoms with van der Waals surface area (Å²) >= 11 is 0. The first-order chi connectivity index (χ1) is 8.95. The lowest BCUT2D eigenvalue weighted by molar-refractivity contribution is 0.0495. The van der Waals surface area contributed by atoms with Crippen molar-refractivity contribution in [2.24, 2.45) is 18.7 Å². The van der Waals surface area contributed by atoms with Gasteiger partial charge in [0.25, 0.3) is 0 Å². The lowest BCUT2D eigenvalue weighted by Crippen LogP contribution is -2.60. The Bertz CT molecular complexity index is 414. The van der Waals surface area contributed by atoms with Crippen molar-refractivity contribution < 1.29 is 0 Å². The van der Waals surface area contributed by atoms with Crippen molar-refractivity contribution in [3.05, 3.63) is 12.2 Å². The second-order valence-electron chi connectivity index (χ2n) is 6.31. The molecule has 1 aliphatic carbocycles. The highest BCUT2D eigenvalue weighted by molar-refractivity contribution is 5.04. The fourth-order valence-electron chi connectivity index (χ4n) is 3.53. The molecule has 2 rings (SSSR count). The first-order valence-electron chi connectivity index (χ1n) is 7.21. The van der Waals surface area contributed by atoms with E-state index in [0.717, 1.165) is 18.2 Å². The Labute approximate surface area is 116 Å². The van der Waals surface area contributed by atoms with Crippen LogP contribution in [0.1, 0.15) is 38.4 Å². The van der Waals surface area contributed by atoms with Crippen LogP contribution in [-0.2, 0) is 13.5 Å². The molecular formula is C14H27N5. The van der Waals surface area contributed by atoms with Crippen LogP contribution in [0, 0.1) is 5.92 Å². The third-order valence-electron chi connectivity index (χ3n) is 4.80. The molecule has 1 aromatic heterocycles. The minimum Gasteiger partial charge on any atom is -0.326 e. The van der Waals surface area contributed by atoms with Crippen molar-refractivity contribution in [2.75, 3.05) is 14.1 Å². The SMILES string of the molecule is CC1CCCC(C(N)Cc2ncnn2C)(N(C)C)C1. The molecule has 0 amide bonds. The quantitative estimate of drug-likeness (QED) is 0.888. The molecule has 5 nitrogen and oxygen atoms in total. The highest BCUT2D eigenvalue weighted by atomic mass is 15.3. The predicted octanol–water partition coefficient (Wildman–Crippen LogP) is 1.20. The van der Waals surface area contributed by atoms with Crippen LogP contribution in [0.15, 0.2) is 6.33 Å². The van der Waals surface area contributed by atoms with Gasteiger partial charge in [0.1, 0.15) is 12.2 Å². The van der Waals surface area contributed by atoms with Crippen LogP contribution in [0.5, 0.6) is 0 Å². The predicted molar refractivity (Wildman–Crippen MR) is 76.7 cm³/mol. The summed E-state index contributed by atoms with van der Waals surface area (Å²) in [6, 6.07) is 0.105. The first kappa shape index (κ1) is 14.5. The standard InChI is InChI=1S/C14H27N5/c1-11-6-5-7-14(9-11,18(2)3)12(15)8-13-16-10-17-19(13)4/h10-12H,5-9,15H2,1-4H3. The molecule has 0 aliphatic heterocycles. The maximum atomic E-state index is 6.58. The van der Waals surface area contributed by atoms with Crippen LogP contribution in [0.4, 0.5) is 0 Å². The van der Waals surface area contributed by atoms with Gasteiger partial charge in [0.15, 0.2) is 0 Å². The Morgan fingerprint density at radius 2 is 2.32 bits per heavy atom. The Balaban J connectivity index is 2.17. The molecule has 1 heterocycles. The van der Waals surface area contributed by atoms with Crippen molar-refractivity contribution in [3.8, 4) is 0 Å². The minimum atomic E-state index is 0.101. The van der Waals surface area contributed by atoms with Gasteiger partial charge < -0.3 is 10.6 Å². The van der Waals surface area contributed by atoms with Gasteiger partial charge in [-0.15, -0.1) is 0 Å². The highest BCUT2D eigenvalue weighted by Gasteiger charge is 2.42. The van der Waals surface area contributed by atoms with E-state index in [2.05, 4.69) is 36.0 Å². The van der Waals surface area contributed by atoms with E-state index in [0.29, 0.717) is 0 Å². The Kier molecular flexibility index (Phi) is 4.26. The molecule has 1 aliphatic rings. The largest absolute Gasteiger partial charge is 0.326 e. The van der Waals surface area contributed by atoms with Crippen LogP contribution in [-0.4, -0.2) is 45.3 Å². The summed E-state index contributed by atoms with van der Waals surface area (Å²) in [5.41, 5.74) is 6.68. The average Bonchev–Trinajstić information content (AvgIpc) is 2.74. The van der Waals surface area contributed by atoms with Crippen molar-refractivity contribution in [3.63, 3.8) is 0 Å². The van der Waals surface area contributed by atoms with Gasteiger partial charge in [-0.05, 0) is 32.9 Å². The summed E-state index contributed by atoms with van der Waals surface area (Å²) in [5, 5.41) is 4.13. The van der Waals surface area contributed by atoms with Gasteiger partial charge in [0.05, 0.1) is 0 Å². The van der Waals surface area contributed by atoms with Crippen LogP contribution >= 0.6 is 0 Å². The highest BCUT2D eigenvalue weighted by Crippen LogP contribution is 2.38. The topological polar surface area (TPSA) is 60.0 Å². The van der Waals surface area contributed by atoms with Crippen LogP contribution in [0.25, 0.3) is 0 Å². The number of nitrogens with two attached hydrogens (primary N) is 1. The maximum Gasteiger partial charge on any atom is 0.138 e. The second-order valence-corrected chi connectivity index (χ2v) is 6.31. The van der Waals surface area contributed by atoms with Crippen LogP contribution < -0.4 is 5.73 Å². The first-order valence-corrected chi connectivity index (χ1v) is 7.21. The second kappa shape index (κ2) is 5.59. The number of nitrogens with zero attached hydrogens (tertiary/aromatic N) is 4. The van der Waals surface area contributed by atoms with Gasteiger partial charge in [-0.1, -0.05) is 19.8 Å². The zero-order chi connectivity index (χ0) is 14.0. The Hall–Kier alpha value is -0.940. The van der Waals surface area contributed by atoms with E-state index >= 15 is 0 Å². The molecule has 5 heteroatoms. The molecule has 0 bridgehead atoms. The van der Waals surface area contributed by atoms with Gasteiger partial charge in [0, 0.05) is 25.0 Å². The molecule has 1 fully saturated rings. The summed E-state index contributed by atoms with van der Waals surface area (Å²) in [5.74, 6) is 1.73. The summed E-state index contributed by atoms with van der Waals surface area (Å²) in [6.45, 7) is 2.34. The van der Waals surface area contributed by atoms with Crippen molar-refractivity contribution in [2.45, 2.75) is 50.6 Å². The van der Waals surface area contributed by atoms with Crippen molar-refractivity contribution in [1.82, 2.24) is 19.7 Å².